The number of likely N-dealkylation sites (N-methyl/N-ethyl adjacent to an activating group) is 1. The first-order chi connectivity index (χ1) is 17.5. The number of carbonyl (C=O) groups excluding carboxylic acids is 1. The lowest BCUT2D eigenvalue weighted by atomic mass is 9.85. The van der Waals surface area contributed by atoms with Crippen LogP contribution in [0.3, 0.4) is 0 Å². The number of likely N-dealkylation sites (tertiary alicyclic amines) is 1. The van der Waals surface area contributed by atoms with Gasteiger partial charge in [-0.2, -0.15) is 0 Å². The van der Waals surface area contributed by atoms with Gasteiger partial charge in [0, 0.05) is 57.0 Å². The summed E-state index contributed by atoms with van der Waals surface area (Å²) in [5.41, 5.74) is 0.901. The molecule has 1 aromatic carbocycles. The SMILES string of the molecule is CCOCCCO[C@@H](c1cccc(Cl)c1Cl)[C@@H]1CCCN(C(=O)NC(CNC)CC2CCCCC2)C1. The van der Waals surface area contributed by atoms with Crippen LogP contribution < -0.4 is 10.6 Å². The lowest BCUT2D eigenvalue weighted by Crippen LogP contribution is -2.52. The van der Waals surface area contributed by atoms with Gasteiger partial charge in [-0.1, -0.05) is 67.4 Å². The number of nitrogens with zero attached hydrogens (tertiary/aromatic N) is 1. The number of carbonyl (C=O) groups is 1. The Morgan fingerprint density at radius 3 is 2.69 bits per heavy atom. The van der Waals surface area contributed by atoms with E-state index in [4.69, 9.17) is 32.7 Å². The molecule has 1 heterocycles. The fourth-order valence-electron chi connectivity index (χ4n) is 5.71. The second-order valence-electron chi connectivity index (χ2n) is 10.3. The van der Waals surface area contributed by atoms with Crippen LogP contribution in [-0.4, -0.2) is 63.5 Å². The number of nitrogens with one attached hydrogen (secondary N) is 2. The van der Waals surface area contributed by atoms with E-state index >= 15 is 0 Å². The molecule has 2 aliphatic rings. The molecule has 3 rings (SSSR count). The van der Waals surface area contributed by atoms with Crippen LogP contribution in [0, 0.1) is 11.8 Å². The largest absolute Gasteiger partial charge is 0.382 e. The Kier molecular flexibility index (Phi) is 13.1. The van der Waals surface area contributed by atoms with Crippen LogP contribution in [0.2, 0.25) is 10.0 Å². The molecule has 1 saturated carbocycles. The summed E-state index contributed by atoms with van der Waals surface area (Å²) in [5.74, 6) is 0.861. The highest BCUT2D eigenvalue weighted by Gasteiger charge is 2.33. The van der Waals surface area contributed by atoms with Crippen LogP contribution in [-0.2, 0) is 9.47 Å². The Morgan fingerprint density at radius 1 is 1.14 bits per heavy atom. The Morgan fingerprint density at radius 2 is 1.94 bits per heavy atom. The number of rotatable bonds is 13. The molecule has 0 radical (unpaired) electrons. The molecule has 36 heavy (non-hydrogen) atoms. The molecule has 2 fully saturated rings. The maximum atomic E-state index is 13.4. The Labute approximate surface area is 227 Å². The van der Waals surface area contributed by atoms with Crippen LogP contribution in [0.1, 0.15) is 76.4 Å². The molecular weight excluding hydrogens is 497 g/mol. The summed E-state index contributed by atoms with van der Waals surface area (Å²) in [6.07, 6.45) is 10.1. The lowest BCUT2D eigenvalue weighted by molar-refractivity contribution is -0.0184. The van der Waals surface area contributed by atoms with Gasteiger partial charge < -0.3 is 25.0 Å². The van der Waals surface area contributed by atoms with Crippen molar-refractivity contribution in [2.75, 3.05) is 46.5 Å². The number of amides is 2. The van der Waals surface area contributed by atoms with E-state index < -0.39 is 0 Å². The van der Waals surface area contributed by atoms with Crippen molar-refractivity contribution < 1.29 is 14.3 Å². The first-order valence-corrected chi connectivity index (χ1v) is 14.6. The average molecular weight is 543 g/mol. The van der Waals surface area contributed by atoms with E-state index in [1.165, 1.54) is 32.1 Å². The topological polar surface area (TPSA) is 62.8 Å². The highest BCUT2D eigenvalue weighted by atomic mass is 35.5. The Bertz CT molecular complexity index is 791. The zero-order valence-corrected chi connectivity index (χ0v) is 23.6. The normalized spacial score (nSPS) is 20.8. The van der Waals surface area contributed by atoms with Crippen molar-refractivity contribution in [1.29, 1.82) is 0 Å². The van der Waals surface area contributed by atoms with Crippen LogP contribution >= 0.6 is 23.2 Å². The molecule has 0 aromatic heterocycles. The maximum Gasteiger partial charge on any atom is 0.317 e. The van der Waals surface area contributed by atoms with Crippen LogP contribution in [0.4, 0.5) is 4.79 Å². The van der Waals surface area contributed by atoms with Crippen molar-refractivity contribution in [3.63, 3.8) is 0 Å². The Balaban J connectivity index is 1.65. The van der Waals surface area contributed by atoms with E-state index in [-0.39, 0.29) is 24.1 Å². The molecule has 6 nitrogen and oxygen atoms in total. The van der Waals surface area contributed by atoms with Crippen molar-refractivity contribution in [3.05, 3.63) is 33.8 Å². The van der Waals surface area contributed by atoms with Gasteiger partial charge in [-0.15, -0.1) is 0 Å². The van der Waals surface area contributed by atoms with Crippen LogP contribution in [0.15, 0.2) is 18.2 Å². The molecule has 0 bridgehead atoms. The number of piperidine rings is 1. The van der Waals surface area contributed by atoms with Gasteiger partial charge in [0.2, 0.25) is 0 Å². The number of halogens is 2. The molecule has 204 valence electrons. The molecule has 1 aromatic rings. The minimum Gasteiger partial charge on any atom is -0.382 e. The van der Waals surface area contributed by atoms with E-state index in [9.17, 15) is 4.79 Å². The summed E-state index contributed by atoms with van der Waals surface area (Å²) < 4.78 is 11.9. The third-order valence-electron chi connectivity index (χ3n) is 7.52. The fraction of sp³-hybridized carbons (Fsp3) is 0.750. The smallest absolute Gasteiger partial charge is 0.317 e. The van der Waals surface area contributed by atoms with Crippen molar-refractivity contribution in [1.82, 2.24) is 15.5 Å². The van der Waals surface area contributed by atoms with E-state index in [0.717, 1.165) is 44.3 Å². The number of urea groups is 1. The number of hydrogen-bond acceptors (Lipinski definition) is 4. The number of hydrogen-bond donors (Lipinski definition) is 2. The van der Waals surface area contributed by atoms with Gasteiger partial charge in [-0.3, -0.25) is 0 Å². The van der Waals surface area contributed by atoms with Gasteiger partial charge in [0.15, 0.2) is 0 Å². The standard InChI is InChI=1S/C28H45Cl2N3O3/c1-3-35-16-9-17-36-27(24-13-7-14-25(29)26(24)30)22-12-8-15-33(20-22)28(34)32-23(19-31-2)18-21-10-5-4-6-11-21/h7,13-14,21-23,27,31H,3-6,8-12,15-20H2,1-2H3,(H,32,34)/t22-,23?,27-/m1/s1. The second-order valence-corrected chi connectivity index (χ2v) is 11.1. The minimum atomic E-state index is -0.219. The average Bonchev–Trinajstić information content (AvgIpc) is 2.89. The van der Waals surface area contributed by atoms with Gasteiger partial charge in [0.1, 0.15) is 0 Å². The molecule has 8 heteroatoms. The molecule has 1 aliphatic heterocycles. The summed E-state index contributed by atoms with van der Waals surface area (Å²) in [6, 6.07) is 5.89. The van der Waals surface area contributed by atoms with E-state index in [2.05, 4.69) is 10.6 Å². The molecule has 1 unspecified atom stereocenters. The predicted octanol–water partition coefficient (Wildman–Crippen LogP) is 6.46. The highest BCUT2D eigenvalue weighted by Crippen LogP contribution is 2.39. The molecule has 3 atom stereocenters. The summed E-state index contributed by atoms with van der Waals surface area (Å²) in [7, 11) is 1.96. The Hall–Kier alpha value is -1.05. The predicted molar refractivity (Wildman–Crippen MR) is 148 cm³/mol. The van der Waals surface area contributed by atoms with Crippen molar-refractivity contribution in [2.45, 2.75) is 76.9 Å². The third-order valence-corrected chi connectivity index (χ3v) is 8.35. The summed E-state index contributed by atoms with van der Waals surface area (Å²) in [5, 5.41) is 7.68. The maximum absolute atomic E-state index is 13.4. The zero-order chi connectivity index (χ0) is 25.8. The molecule has 2 amide bonds. The molecular formula is C28H45Cl2N3O3. The zero-order valence-electron chi connectivity index (χ0n) is 22.1. The van der Waals surface area contributed by atoms with Crippen molar-refractivity contribution in [3.8, 4) is 0 Å². The van der Waals surface area contributed by atoms with Gasteiger partial charge in [-0.25, -0.2) is 4.79 Å². The van der Waals surface area contributed by atoms with E-state index in [1.54, 1.807) is 6.07 Å². The third kappa shape index (κ3) is 9.05. The number of ether oxygens (including phenoxy) is 2. The first-order valence-electron chi connectivity index (χ1n) is 13.9. The quantitative estimate of drug-likeness (QED) is 0.281. The summed E-state index contributed by atoms with van der Waals surface area (Å²) in [4.78, 5) is 15.3. The molecule has 1 aliphatic carbocycles. The summed E-state index contributed by atoms with van der Waals surface area (Å²) >= 11 is 13.0. The van der Waals surface area contributed by atoms with Gasteiger partial charge >= 0.3 is 6.03 Å². The van der Waals surface area contributed by atoms with E-state index in [0.29, 0.717) is 42.3 Å². The fourth-order valence-corrected chi connectivity index (χ4v) is 6.12. The van der Waals surface area contributed by atoms with Crippen molar-refractivity contribution in [2.24, 2.45) is 11.8 Å². The number of benzene rings is 1. The van der Waals surface area contributed by atoms with Crippen LogP contribution in [0.25, 0.3) is 0 Å². The second kappa shape index (κ2) is 16.0. The minimum absolute atomic E-state index is 0.0306. The first kappa shape index (κ1) is 29.5. The van der Waals surface area contributed by atoms with Gasteiger partial charge in [0.05, 0.1) is 16.1 Å². The van der Waals surface area contributed by atoms with Gasteiger partial charge in [-0.05, 0) is 51.6 Å². The highest BCUT2D eigenvalue weighted by molar-refractivity contribution is 6.42. The monoisotopic (exact) mass is 541 g/mol. The van der Waals surface area contributed by atoms with Gasteiger partial charge in [0.25, 0.3) is 0 Å². The van der Waals surface area contributed by atoms with E-state index in [1.807, 2.05) is 31.0 Å². The van der Waals surface area contributed by atoms with Crippen molar-refractivity contribution >= 4 is 29.2 Å². The molecule has 2 N–H and O–H groups in total. The lowest BCUT2D eigenvalue weighted by Gasteiger charge is -2.38. The molecule has 1 saturated heterocycles. The van der Waals surface area contributed by atoms with Crippen LogP contribution in [0.5, 0.6) is 0 Å². The summed E-state index contributed by atoms with van der Waals surface area (Å²) in [6.45, 7) is 6.13. The molecule has 0 spiro atoms.